The van der Waals surface area contributed by atoms with Gasteiger partial charge in [-0.05, 0) is 30.2 Å². The van der Waals surface area contributed by atoms with Crippen molar-refractivity contribution in [2.75, 3.05) is 39.3 Å². The number of carbonyl (C=O) groups excluding carboxylic acids is 3. The zero-order valence-corrected chi connectivity index (χ0v) is 18.7. The molecule has 0 bridgehead atoms. The van der Waals surface area contributed by atoms with Crippen molar-refractivity contribution in [3.63, 3.8) is 0 Å². The van der Waals surface area contributed by atoms with E-state index in [1.54, 1.807) is 15.9 Å². The highest BCUT2D eigenvalue weighted by Crippen LogP contribution is 2.32. The van der Waals surface area contributed by atoms with Crippen LogP contribution >= 0.6 is 0 Å². The number of urea groups is 1. The number of halogens is 3. The fourth-order valence-electron chi connectivity index (χ4n) is 5.28. The molecule has 0 spiro atoms. The molecule has 4 saturated heterocycles. The Balaban J connectivity index is 1.10. The van der Waals surface area contributed by atoms with Crippen LogP contribution in [0.4, 0.5) is 22.8 Å². The normalized spacial score (nSPS) is 28.1. The smallest absolute Gasteiger partial charge is 0.442 e. The second-order valence-corrected chi connectivity index (χ2v) is 9.33. The van der Waals surface area contributed by atoms with Crippen LogP contribution in [0.5, 0.6) is 5.75 Å². The molecule has 5 rings (SSSR count). The molecule has 0 aliphatic carbocycles. The maximum absolute atomic E-state index is 13.0. The minimum Gasteiger partial charge on any atom is -0.442 e. The molecule has 4 aliphatic heterocycles. The van der Waals surface area contributed by atoms with Gasteiger partial charge in [0.15, 0.2) is 0 Å². The van der Waals surface area contributed by atoms with Gasteiger partial charge in [0.25, 0.3) is 0 Å². The molecular weight excluding hydrogens is 469 g/mol. The molecule has 1 N–H and O–H groups in total. The second-order valence-electron chi connectivity index (χ2n) is 9.33. The molecule has 9 nitrogen and oxygen atoms in total. The first-order chi connectivity index (χ1) is 16.6. The molecule has 4 atom stereocenters. The van der Waals surface area contributed by atoms with E-state index in [1.165, 1.54) is 30.3 Å². The number of likely N-dealkylation sites (tertiary alicyclic amines) is 3. The van der Waals surface area contributed by atoms with Gasteiger partial charge >= 0.3 is 18.5 Å². The third-order valence-corrected chi connectivity index (χ3v) is 6.99. The Morgan fingerprint density at radius 3 is 2.31 bits per heavy atom. The maximum atomic E-state index is 13.0. The van der Waals surface area contributed by atoms with Gasteiger partial charge in [0.2, 0.25) is 5.91 Å². The van der Waals surface area contributed by atoms with Crippen molar-refractivity contribution in [3.8, 4) is 5.75 Å². The Kier molecular flexibility index (Phi) is 5.97. The van der Waals surface area contributed by atoms with Crippen molar-refractivity contribution < 1.29 is 37.0 Å². The molecule has 0 radical (unpaired) electrons. The predicted molar refractivity (Wildman–Crippen MR) is 116 cm³/mol. The summed E-state index contributed by atoms with van der Waals surface area (Å²) in [5.41, 5.74) is 0.580. The summed E-state index contributed by atoms with van der Waals surface area (Å²) < 4.78 is 45.9. The number of alkyl halides is 3. The van der Waals surface area contributed by atoms with Crippen LogP contribution in [0.15, 0.2) is 30.3 Å². The first-order valence-electron chi connectivity index (χ1n) is 11.5. The van der Waals surface area contributed by atoms with Crippen LogP contribution in [0.1, 0.15) is 12.0 Å². The number of nitrogens with one attached hydrogen (secondary N) is 1. The quantitative estimate of drug-likeness (QED) is 0.652. The number of nitrogens with zero attached hydrogens (tertiary/aromatic N) is 3. The number of hydrogen-bond donors (Lipinski definition) is 1. The van der Waals surface area contributed by atoms with E-state index in [2.05, 4.69) is 10.1 Å². The molecule has 0 unspecified atom stereocenters. The van der Waals surface area contributed by atoms with Crippen molar-refractivity contribution in [2.24, 2.45) is 11.8 Å². The number of carbonyl (C=O) groups is 3. The number of fused-ring (bicyclic) bond motifs is 2. The van der Waals surface area contributed by atoms with Crippen molar-refractivity contribution in [3.05, 3.63) is 35.9 Å². The summed E-state index contributed by atoms with van der Waals surface area (Å²) in [4.78, 5) is 42.4. The topological polar surface area (TPSA) is 91.4 Å². The SMILES string of the molecule is O=C1N[C@@H]2CCN(C(=O)N3C[C@H]4CN(C(=O)/C=C/c5ccc(OC(F)(F)F)cc5)C[C@@H]4C3)C[C@H]2O1. The molecule has 0 saturated carbocycles. The van der Waals surface area contributed by atoms with Crippen LogP contribution in [-0.4, -0.2) is 90.5 Å². The number of ether oxygens (including phenoxy) is 2. The van der Waals surface area contributed by atoms with E-state index in [0.29, 0.717) is 51.3 Å². The summed E-state index contributed by atoms with van der Waals surface area (Å²) in [5.74, 6) is -0.111. The molecule has 0 aromatic heterocycles. The molecule has 35 heavy (non-hydrogen) atoms. The molecule has 12 heteroatoms. The fourth-order valence-corrected chi connectivity index (χ4v) is 5.28. The van der Waals surface area contributed by atoms with Crippen LogP contribution in [0.2, 0.25) is 0 Å². The monoisotopic (exact) mass is 494 g/mol. The van der Waals surface area contributed by atoms with E-state index in [-0.39, 0.29) is 41.7 Å². The van der Waals surface area contributed by atoms with Crippen LogP contribution in [0, 0.1) is 11.8 Å². The summed E-state index contributed by atoms with van der Waals surface area (Å²) in [6.07, 6.45) is -1.87. The second kappa shape index (κ2) is 8.97. The highest BCUT2D eigenvalue weighted by molar-refractivity contribution is 5.92. The standard InChI is InChI=1S/C23H25F3N4O5/c24-23(25,26)35-17-4-1-14(2-5-17)3-6-20(31)29-9-15-11-30(12-16(15)10-29)22(33)28-8-7-18-19(13-28)34-21(32)27-18/h1-6,15-16,18-19H,7-13H2,(H,27,32)/b6-3+/t15-,16-,18-,19-/m1/s1. The molecule has 4 fully saturated rings. The fraction of sp³-hybridized carbons (Fsp3) is 0.522. The van der Waals surface area contributed by atoms with Gasteiger partial charge in [-0.3, -0.25) is 4.79 Å². The highest BCUT2D eigenvalue weighted by atomic mass is 19.4. The largest absolute Gasteiger partial charge is 0.573 e. The molecule has 4 heterocycles. The summed E-state index contributed by atoms with van der Waals surface area (Å²) >= 11 is 0. The number of piperidine rings is 1. The van der Waals surface area contributed by atoms with E-state index < -0.39 is 12.5 Å². The Morgan fingerprint density at radius 1 is 1.00 bits per heavy atom. The highest BCUT2D eigenvalue weighted by Gasteiger charge is 2.45. The average molecular weight is 494 g/mol. The van der Waals surface area contributed by atoms with Gasteiger partial charge in [0.05, 0.1) is 12.6 Å². The van der Waals surface area contributed by atoms with Gasteiger partial charge in [-0.25, -0.2) is 9.59 Å². The zero-order chi connectivity index (χ0) is 24.7. The Morgan fingerprint density at radius 2 is 1.66 bits per heavy atom. The molecule has 188 valence electrons. The van der Waals surface area contributed by atoms with Crippen LogP contribution in [0.3, 0.4) is 0 Å². The lowest BCUT2D eigenvalue weighted by Gasteiger charge is -2.35. The average Bonchev–Trinajstić information content (AvgIpc) is 3.48. The van der Waals surface area contributed by atoms with Crippen LogP contribution in [0.25, 0.3) is 6.08 Å². The van der Waals surface area contributed by atoms with Gasteiger partial charge in [0.1, 0.15) is 11.9 Å². The Labute approximate surface area is 199 Å². The third kappa shape index (κ3) is 5.15. The van der Waals surface area contributed by atoms with Crippen molar-refractivity contribution in [1.82, 2.24) is 20.0 Å². The minimum absolute atomic E-state index is 0.0386. The predicted octanol–water partition coefficient (Wildman–Crippen LogP) is 2.29. The van der Waals surface area contributed by atoms with Gasteiger partial charge in [0, 0.05) is 50.6 Å². The van der Waals surface area contributed by atoms with Crippen molar-refractivity contribution in [2.45, 2.75) is 24.9 Å². The van der Waals surface area contributed by atoms with Crippen molar-refractivity contribution in [1.29, 1.82) is 0 Å². The number of benzene rings is 1. The van der Waals surface area contributed by atoms with Gasteiger partial charge in [-0.15, -0.1) is 13.2 Å². The molecule has 1 aromatic carbocycles. The number of rotatable bonds is 3. The minimum atomic E-state index is -4.75. The molecular formula is C23H25F3N4O5. The Hall–Kier alpha value is -3.44. The Bertz CT molecular complexity index is 1020. The first kappa shape index (κ1) is 23.3. The van der Waals surface area contributed by atoms with E-state index in [9.17, 15) is 27.6 Å². The van der Waals surface area contributed by atoms with E-state index in [1.807, 2.05) is 4.90 Å². The summed E-state index contributed by atoms with van der Waals surface area (Å²) in [6, 6.07) is 5.18. The number of amides is 4. The van der Waals surface area contributed by atoms with Crippen LogP contribution < -0.4 is 10.1 Å². The van der Waals surface area contributed by atoms with E-state index in [4.69, 9.17) is 4.74 Å². The van der Waals surface area contributed by atoms with E-state index >= 15 is 0 Å². The molecule has 1 aromatic rings. The molecule has 4 aliphatic rings. The van der Waals surface area contributed by atoms with Crippen molar-refractivity contribution >= 4 is 24.1 Å². The zero-order valence-electron chi connectivity index (χ0n) is 18.7. The lowest BCUT2D eigenvalue weighted by molar-refractivity contribution is -0.274. The lowest BCUT2D eigenvalue weighted by atomic mass is 10.0. The van der Waals surface area contributed by atoms with Gasteiger partial charge in [-0.1, -0.05) is 12.1 Å². The summed E-state index contributed by atoms with van der Waals surface area (Å²) in [7, 11) is 0. The van der Waals surface area contributed by atoms with E-state index in [0.717, 1.165) is 0 Å². The maximum Gasteiger partial charge on any atom is 0.573 e. The van der Waals surface area contributed by atoms with Gasteiger partial charge < -0.3 is 29.5 Å². The summed E-state index contributed by atoms with van der Waals surface area (Å²) in [6.45, 7) is 3.17. The lowest BCUT2D eigenvalue weighted by Crippen LogP contribution is -2.53. The van der Waals surface area contributed by atoms with Gasteiger partial charge in [-0.2, -0.15) is 0 Å². The molecule has 4 amide bonds. The van der Waals surface area contributed by atoms with Crippen LogP contribution in [-0.2, 0) is 9.53 Å². The third-order valence-electron chi connectivity index (χ3n) is 6.99. The summed E-state index contributed by atoms with van der Waals surface area (Å²) in [5, 5.41) is 2.76. The number of alkyl carbamates (subject to hydrolysis) is 1. The number of hydrogen-bond acceptors (Lipinski definition) is 5. The first-order valence-corrected chi connectivity index (χ1v) is 11.5.